The Hall–Kier alpha value is -2.57. The van der Waals surface area contributed by atoms with Crippen molar-refractivity contribution in [1.29, 1.82) is 0 Å². The second kappa shape index (κ2) is 6.90. The van der Waals surface area contributed by atoms with Crippen LogP contribution in [0.25, 0.3) is 0 Å². The molecule has 1 unspecified atom stereocenters. The van der Waals surface area contributed by atoms with Crippen molar-refractivity contribution in [1.82, 2.24) is 0 Å². The van der Waals surface area contributed by atoms with E-state index in [9.17, 15) is 4.79 Å². The molecule has 1 heterocycles. The van der Waals surface area contributed by atoms with Gasteiger partial charge in [0.25, 0.3) is 5.17 Å². The minimum atomic E-state index is -0.864. The number of halogens is 1. The number of anilines is 1. The van der Waals surface area contributed by atoms with Gasteiger partial charge in [-0.25, -0.2) is 0 Å². The van der Waals surface area contributed by atoms with Crippen molar-refractivity contribution >= 4 is 40.5 Å². The molecule has 24 heavy (non-hydrogen) atoms. The van der Waals surface area contributed by atoms with Gasteiger partial charge in [-0.15, -0.1) is 0 Å². The van der Waals surface area contributed by atoms with Gasteiger partial charge in [0.05, 0.1) is 0 Å². The van der Waals surface area contributed by atoms with Gasteiger partial charge in [-0.05, 0) is 36.5 Å². The number of carbonyl (C=O) groups is 1. The molecule has 0 aliphatic carbocycles. The molecule has 0 radical (unpaired) electrons. The van der Waals surface area contributed by atoms with Crippen LogP contribution in [-0.2, 0) is 14.3 Å². The second-order valence-electron chi connectivity index (χ2n) is 4.99. The molecular formula is C17H13ClN2O3S. The molecule has 3 rings (SSSR count). The number of carbonyl (C=O) groups excluding carboxylic acids is 1. The largest absolute Gasteiger partial charge is 0.460 e. The molecule has 0 fully saturated rings. The summed E-state index contributed by atoms with van der Waals surface area (Å²) in [7, 11) is 0. The van der Waals surface area contributed by atoms with Gasteiger partial charge in [0.1, 0.15) is 0 Å². The van der Waals surface area contributed by atoms with Gasteiger partial charge in [0.2, 0.25) is 17.4 Å². The predicted molar refractivity (Wildman–Crippen MR) is 95.2 cm³/mol. The number of rotatable bonds is 3. The number of nitrogens with two attached hydrogens (primary N) is 1. The van der Waals surface area contributed by atoms with Gasteiger partial charge in [0, 0.05) is 16.3 Å². The number of hydrogen-bond donors (Lipinski definition) is 2. The number of nitrogens with one attached hydrogen (secondary N) is 1. The third-order valence-corrected chi connectivity index (χ3v) is 3.76. The summed E-state index contributed by atoms with van der Waals surface area (Å²) in [5.41, 5.74) is 7.14. The molecule has 0 amide bonds. The topological polar surface area (TPSA) is 73.6 Å². The Morgan fingerprint density at radius 1 is 1.17 bits per heavy atom. The van der Waals surface area contributed by atoms with Gasteiger partial charge in [-0.1, -0.05) is 41.9 Å². The third-order valence-electron chi connectivity index (χ3n) is 3.32. The van der Waals surface area contributed by atoms with Crippen molar-refractivity contribution in [2.45, 2.75) is 6.10 Å². The van der Waals surface area contributed by atoms with Crippen LogP contribution in [0.3, 0.4) is 0 Å². The third kappa shape index (κ3) is 3.50. The molecule has 7 heteroatoms. The quantitative estimate of drug-likeness (QED) is 0.816. The molecule has 5 nitrogen and oxygen atoms in total. The van der Waals surface area contributed by atoms with E-state index < -0.39 is 11.9 Å². The first kappa shape index (κ1) is 16.3. The Bertz CT molecular complexity index is 806. The normalized spacial score (nSPS) is 16.7. The monoisotopic (exact) mass is 360 g/mol. The summed E-state index contributed by atoms with van der Waals surface area (Å²) in [6.07, 6.45) is -0.864. The summed E-state index contributed by atoms with van der Waals surface area (Å²) in [6, 6.07) is 15.9. The Labute approximate surface area is 149 Å². The maximum absolute atomic E-state index is 12.5. The first-order valence-electron chi connectivity index (χ1n) is 7.04. The maximum atomic E-state index is 12.5. The van der Waals surface area contributed by atoms with E-state index >= 15 is 0 Å². The van der Waals surface area contributed by atoms with Crippen LogP contribution in [0.4, 0.5) is 5.69 Å². The number of para-hydroxylation sites is 1. The van der Waals surface area contributed by atoms with Gasteiger partial charge < -0.3 is 20.5 Å². The average Bonchev–Trinajstić information content (AvgIpc) is 2.85. The number of thiocarbonyl (C=S) groups is 1. The summed E-state index contributed by atoms with van der Waals surface area (Å²) in [4.78, 5) is 12.5. The van der Waals surface area contributed by atoms with Gasteiger partial charge in [0.15, 0.2) is 6.10 Å². The number of benzene rings is 2. The smallest absolute Gasteiger partial charge is 0.267 e. The zero-order valence-electron chi connectivity index (χ0n) is 12.4. The van der Waals surface area contributed by atoms with Crippen molar-refractivity contribution in [3.63, 3.8) is 0 Å². The lowest BCUT2D eigenvalue weighted by molar-refractivity contribution is -0.123. The minimum absolute atomic E-state index is 0.00727. The SMILES string of the molecule is NC1=C(OC(=S)Nc2ccccc2)C(=O)C(c2ccc(Cl)cc2)O1. The van der Waals surface area contributed by atoms with Crippen molar-refractivity contribution in [2.24, 2.45) is 5.73 Å². The molecule has 1 aliphatic heterocycles. The zero-order chi connectivity index (χ0) is 17.1. The fourth-order valence-corrected chi connectivity index (χ4v) is 2.52. The van der Waals surface area contributed by atoms with Crippen molar-refractivity contribution in [2.75, 3.05) is 5.32 Å². The molecule has 0 bridgehead atoms. The molecule has 0 saturated carbocycles. The average molecular weight is 361 g/mol. The summed E-state index contributed by atoms with van der Waals surface area (Å²) >= 11 is 10.9. The predicted octanol–water partition coefficient (Wildman–Crippen LogP) is 3.52. The molecule has 122 valence electrons. The first-order valence-corrected chi connectivity index (χ1v) is 7.83. The Morgan fingerprint density at radius 3 is 2.50 bits per heavy atom. The van der Waals surface area contributed by atoms with Crippen LogP contribution >= 0.6 is 23.8 Å². The lowest BCUT2D eigenvalue weighted by atomic mass is 10.1. The molecular weight excluding hydrogens is 348 g/mol. The van der Waals surface area contributed by atoms with Crippen molar-refractivity contribution < 1.29 is 14.3 Å². The van der Waals surface area contributed by atoms with Crippen LogP contribution in [0.2, 0.25) is 5.02 Å². The summed E-state index contributed by atoms with van der Waals surface area (Å²) in [5, 5.41) is 3.44. The summed E-state index contributed by atoms with van der Waals surface area (Å²) < 4.78 is 10.8. The number of Topliss-reactive ketones (excluding diaryl/α,β-unsaturated/α-hetero) is 1. The zero-order valence-corrected chi connectivity index (χ0v) is 13.9. The Kier molecular flexibility index (Phi) is 4.69. The molecule has 2 aromatic carbocycles. The van der Waals surface area contributed by atoms with Crippen LogP contribution < -0.4 is 11.1 Å². The van der Waals surface area contributed by atoms with Crippen LogP contribution in [0.15, 0.2) is 66.2 Å². The lowest BCUT2D eigenvalue weighted by Gasteiger charge is -2.10. The molecule has 1 aliphatic rings. The Morgan fingerprint density at radius 2 is 1.83 bits per heavy atom. The van der Waals surface area contributed by atoms with Crippen molar-refractivity contribution in [3.05, 3.63) is 76.8 Å². The van der Waals surface area contributed by atoms with Crippen LogP contribution in [0.5, 0.6) is 0 Å². The van der Waals surface area contributed by atoms with Crippen LogP contribution in [-0.4, -0.2) is 11.0 Å². The highest BCUT2D eigenvalue weighted by molar-refractivity contribution is 7.80. The molecule has 0 aromatic heterocycles. The number of ether oxygens (including phenoxy) is 2. The van der Waals surface area contributed by atoms with Crippen molar-refractivity contribution in [3.8, 4) is 0 Å². The van der Waals surface area contributed by atoms with Crippen LogP contribution in [0.1, 0.15) is 11.7 Å². The van der Waals surface area contributed by atoms with E-state index in [1.807, 2.05) is 30.3 Å². The lowest BCUT2D eigenvalue weighted by Crippen LogP contribution is -2.18. The highest BCUT2D eigenvalue weighted by Gasteiger charge is 2.37. The number of ketones is 1. The van der Waals surface area contributed by atoms with E-state index in [0.717, 1.165) is 5.69 Å². The fraction of sp³-hybridized carbons (Fsp3) is 0.0588. The highest BCUT2D eigenvalue weighted by atomic mass is 35.5. The van der Waals surface area contributed by atoms with E-state index in [4.69, 9.17) is 39.0 Å². The van der Waals surface area contributed by atoms with E-state index in [2.05, 4.69) is 5.32 Å². The number of hydrogen-bond acceptors (Lipinski definition) is 5. The van der Waals surface area contributed by atoms with E-state index in [0.29, 0.717) is 10.6 Å². The highest BCUT2D eigenvalue weighted by Crippen LogP contribution is 2.32. The molecule has 0 saturated heterocycles. The maximum Gasteiger partial charge on any atom is 0.267 e. The molecule has 0 spiro atoms. The second-order valence-corrected chi connectivity index (χ2v) is 5.79. The van der Waals surface area contributed by atoms with Gasteiger partial charge >= 0.3 is 0 Å². The minimum Gasteiger partial charge on any atom is -0.460 e. The van der Waals surface area contributed by atoms with E-state index in [1.54, 1.807) is 24.3 Å². The van der Waals surface area contributed by atoms with Gasteiger partial charge in [-0.3, -0.25) is 4.79 Å². The van der Waals surface area contributed by atoms with Gasteiger partial charge in [-0.2, -0.15) is 0 Å². The molecule has 3 N–H and O–H groups in total. The standard InChI is InChI=1S/C17H13ClN2O3S/c18-11-8-6-10(7-9-11)14-13(21)15(16(19)22-14)23-17(24)20-12-4-2-1-3-5-12/h1-9,14H,19H2,(H,20,24). The fourth-order valence-electron chi connectivity index (χ4n) is 2.19. The molecule has 2 aromatic rings. The summed E-state index contributed by atoms with van der Waals surface area (Å²) in [5.74, 6) is -0.604. The molecule has 1 atom stereocenters. The van der Waals surface area contributed by atoms with E-state index in [-0.39, 0.29) is 16.8 Å². The Balaban J connectivity index is 1.69. The summed E-state index contributed by atoms with van der Waals surface area (Å²) in [6.45, 7) is 0. The van der Waals surface area contributed by atoms with Crippen LogP contribution in [0, 0.1) is 0 Å². The first-order chi connectivity index (χ1) is 11.5. The van der Waals surface area contributed by atoms with E-state index in [1.165, 1.54) is 0 Å².